The van der Waals surface area contributed by atoms with E-state index in [2.05, 4.69) is 4.99 Å². The minimum absolute atomic E-state index is 0.262. The third kappa shape index (κ3) is 1.92. The van der Waals surface area contributed by atoms with Crippen LogP contribution in [0.3, 0.4) is 0 Å². The second-order valence-electron chi connectivity index (χ2n) is 1.78. The van der Waals surface area contributed by atoms with Crippen LogP contribution in [0.5, 0.6) is 0 Å². The van der Waals surface area contributed by atoms with E-state index in [0.717, 1.165) is 0 Å². The topological polar surface area (TPSA) is 15.6 Å². The molecule has 0 bridgehead atoms. The lowest BCUT2D eigenvalue weighted by Gasteiger charge is -2.21. The van der Waals surface area contributed by atoms with E-state index in [4.69, 9.17) is 0 Å². The lowest BCUT2D eigenvalue weighted by atomic mass is 10.5. The number of rotatable bonds is 0. The number of hydrogen-bond donors (Lipinski definition) is 0. The first-order valence-electron chi connectivity index (χ1n) is 2.59. The fourth-order valence-electron chi connectivity index (χ4n) is 0.515. The smallest absolute Gasteiger partial charge is 0.261 e. The van der Waals surface area contributed by atoms with Crippen molar-refractivity contribution >= 4 is 6.21 Å². The molecule has 0 aromatic heterocycles. The van der Waals surface area contributed by atoms with Crippen LogP contribution >= 0.6 is 0 Å². The van der Waals surface area contributed by atoms with E-state index in [1.165, 1.54) is 0 Å². The van der Waals surface area contributed by atoms with Gasteiger partial charge in [-0.1, -0.05) is 0 Å². The SMILES string of the molecule is FC1=CN(C(F)(F)F)[CH]N=C1. The molecule has 0 saturated heterocycles. The van der Waals surface area contributed by atoms with Gasteiger partial charge in [0.2, 0.25) is 0 Å². The minimum atomic E-state index is -4.60. The molecule has 1 rings (SSSR count). The fourth-order valence-corrected chi connectivity index (χ4v) is 0.515. The maximum absolute atomic E-state index is 12.1. The van der Waals surface area contributed by atoms with Crippen molar-refractivity contribution in [2.45, 2.75) is 6.30 Å². The van der Waals surface area contributed by atoms with Gasteiger partial charge < -0.3 is 0 Å². The van der Waals surface area contributed by atoms with Gasteiger partial charge in [0.15, 0.2) is 12.5 Å². The summed E-state index contributed by atoms with van der Waals surface area (Å²) in [5, 5.41) is 0. The second-order valence-corrected chi connectivity index (χ2v) is 1.78. The molecule has 61 valence electrons. The average Bonchev–Trinajstić information content (AvgIpc) is 1.86. The normalized spacial score (nSPS) is 18.5. The highest BCUT2D eigenvalue weighted by Gasteiger charge is 2.36. The number of alkyl halides is 3. The number of aliphatic imine (C=N–C) groups is 1. The van der Waals surface area contributed by atoms with Gasteiger partial charge in [-0.05, 0) is 0 Å². The molecule has 0 unspecified atom stereocenters. The molecular formula is C5H3F4N2. The van der Waals surface area contributed by atoms with Gasteiger partial charge in [0.05, 0.1) is 6.21 Å². The van der Waals surface area contributed by atoms with Crippen LogP contribution in [-0.4, -0.2) is 17.4 Å². The van der Waals surface area contributed by atoms with Crippen LogP contribution in [0, 0.1) is 6.67 Å². The molecule has 1 aliphatic heterocycles. The largest absolute Gasteiger partial charge is 0.486 e. The Morgan fingerprint density at radius 2 is 2.00 bits per heavy atom. The molecule has 0 amide bonds. The number of hydrogen-bond acceptors (Lipinski definition) is 2. The van der Waals surface area contributed by atoms with Gasteiger partial charge in [-0.15, -0.1) is 0 Å². The van der Waals surface area contributed by atoms with Crippen molar-refractivity contribution in [2.75, 3.05) is 0 Å². The first-order valence-corrected chi connectivity index (χ1v) is 2.59. The van der Waals surface area contributed by atoms with Crippen LogP contribution in [-0.2, 0) is 0 Å². The molecule has 6 heteroatoms. The summed E-state index contributed by atoms with van der Waals surface area (Å²) < 4.78 is 47.3. The van der Waals surface area contributed by atoms with Gasteiger partial charge in [0.25, 0.3) is 0 Å². The quantitative estimate of drug-likeness (QED) is 0.397. The van der Waals surface area contributed by atoms with Crippen molar-refractivity contribution in [3.05, 3.63) is 18.7 Å². The van der Waals surface area contributed by atoms with Crippen molar-refractivity contribution in [1.82, 2.24) is 4.90 Å². The van der Waals surface area contributed by atoms with Gasteiger partial charge in [-0.25, -0.2) is 4.39 Å². The van der Waals surface area contributed by atoms with E-state index in [1.54, 1.807) is 0 Å². The van der Waals surface area contributed by atoms with Crippen LogP contribution in [0.25, 0.3) is 0 Å². The van der Waals surface area contributed by atoms with Gasteiger partial charge in [0.1, 0.15) is 0 Å². The van der Waals surface area contributed by atoms with Gasteiger partial charge in [0, 0.05) is 6.20 Å². The van der Waals surface area contributed by atoms with Crippen molar-refractivity contribution in [3.8, 4) is 0 Å². The Labute approximate surface area is 59.8 Å². The standard InChI is InChI=1S/C5H3F4N2/c6-4-1-10-3-11(2-4)5(7,8)9/h1-3H. The summed E-state index contributed by atoms with van der Waals surface area (Å²) >= 11 is 0. The summed E-state index contributed by atoms with van der Waals surface area (Å²) in [5.41, 5.74) is 0. The molecule has 0 aromatic carbocycles. The summed E-state index contributed by atoms with van der Waals surface area (Å²) in [6.07, 6.45) is -3.59. The highest BCUT2D eigenvalue weighted by molar-refractivity contribution is 5.76. The summed E-state index contributed by atoms with van der Waals surface area (Å²) in [7, 11) is 0. The summed E-state index contributed by atoms with van der Waals surface area (Å²) in [5.74, 6) is -1.02. The Hall–Kier alpha value is -1.07. The third-order valence-corrected chi connectivity index (χ3v) is 0.944. The zero-order valence-electron chi connectivity index (χ0n) is 5.14. The molecule has 2 nitrogen and oxygen atoms in total. The lowest BCUT2D eigenvalue weighted by molar-refractivity contribution is -0.218. The molecular weight excluding hydrogens is 164 g/mol. The van der Waals surface area contributed by atoms with Crippen LogP contribution in [0.15, 0.2) is 17.0 Å². The van der Waals surface area contributed by atoms with Crippen molar-refractivity contribution in [1.29, 1.82) is 0 Å². The molecule has 0 N–H and O–H groups in total. The van der Waals surface area contributed by atoms with E-state index in [1.807, 2.05) is 0 Å². The monoisotopic (exact) mass is 167 g/mol. The third-order valence-electron chi connectivity index (χ3n) is 0.944. The Morgan fingerprint density at radius 3 is 2.36 bits per heavy atom. The van der Waals surface area contributed by atoms with Crippen LogP contribution in [0.2, 0.25) is 0 Å². The molecule has 1 aliphatic rings. The van der Waals surface area contributed by atoms with Crippen molar-refractivity contribution in [2.24, 2.45) is 4.99 Å². The zero-order chi connectivity index (χ0) is 8.48. The number of halogens is 4. The summed E-state index contributed by atoms with van der Waals surface area (Å²) in [6.45, 7) is 0.489. The Bertz CT molecular complexity index is 205. The van der Waals surface area contributed by atoms with Crippen molar-refractivity contribution in [3.63, 3.8) is 0 Å². The molecule has 0 atom stereocenters. The van der Waals surface area contributed by atoms with Gasteiger partial charge in [-0.3, -0.25) is 9.89 Å². The van der Waals surface area contributed by atoms with E-state index >= 15 is 0 Å². The molecule has 0 aromatic rings. The highest BCUT2D eigenvalue weighted by atomic mass is 19.4. The molecule has 0 aliphatic carbocycles. The van der Waals surface area contributed by atoms with E-state index in [-0.39, 0.29) is 4.90 Å². The second kappa shape index (κ2) is 2.52. The zero-order valence-corrected chi connectivity index (χ0v) is 5.14. The molecule has 1 radical (unpaired) electrons. The Balaban J connectivity index is 2.71. The summed E-state index contributed by atoms with van der Waals surface area (Å²) in [4.78, 5) is 2.76. The lowest BCUT2D eigenvalue weighted by Crippen LogP contribution is -2.32. The number of nitrogens with zero attached hydrogens (tertiary/aromatic N) is 2. The van der Waals surface area contributed by atoms with Crippen LogP contribution < -0.4 is 0 Å². The van der Waals surface area contributed by atoms with E-state index < -0.39 is 12.1 Å². The maximum Gasteiger partial charge on any atom is 0.486 e. The first-order chi connectivity index (χ1) is 5.00. The van der Waals surface area contributed by atoms with Gasteiger partial charge >= 0.3 is 6.30 Å². The summed E-state index contributed by atoms with van der Waals surface area (Å²) in [6, 6.07) is 0. The predicted octanol–water partition coefficient (Wildman–Crippen LogP) is 1.82. The predicted molar refractivity (Wildman–Crippen MR) is 29.9 cm³/mol. The van der Waals surface area contributed by atoms with Gasteiger partial charge in [-0.2, -0.15) is 13.2 Å². The Kier molecular flexibility index (Phi) is 1.84. The molecule has 0 fully saturated rings. The Morgan fingerprint density at radius 1 is 1.36 bits per heavy atom. The average molecular weight is 167 g/mol. The van der Waals surface area contributed by atoms with E-state index in [9.17, 15) is 17.6 Å². The number of allylic oxidation sites excluding steroid dienone is 1. The van der Waals surface area contributed by atoms with Crippen LogP contribution in [0.4, 0.5) is 17.6 Å². The molecule has 0 spiro atoms. The van der Waals surface area contributed by atoms with Crippen LogP contribution in [0.1, 0.15) is 0 Å². The van der Waals surface area contributed by atoms with Crippen molar-refractivity contribution < 1.29 is 17.6 Å². The fraction of sp³-hybridized carbons (Fsp3) is 0.200. The molecule has 11 heavy (non-hydrogen) atoms. The first kappa shape index (κ1) is 8.03. The van der Waals surface area contributed by atoms with E-state index in [0.29, 0.717) is 19.1 Å². The maximum atomic E-state index is 12.1. The minimum Gasteiger partial charge on any atom is -0.261 e. The molecule has 0 saturated carbocycles. The molecule has 1 heterocycles. The highest BCUT2D eigenvalue weighted by Crippen LogP contribution is 2.25.